The zero-order valence-electron chi connectivity index (χ0n) is 30.2. The van der Waals surface area contributed by atoms with E-state index >= 15 is 0 Å². The summed E-state index contributed by atoms with van der Waals surface area (Å²) < 4.78 is 12.5. The highest BCUT2D eigenvalue weighted by Crippen LogP contribution is 2.71. The summed E-state index contributed by atoms with van der Waals surface area (Å²) in [5, 5.41) is 9.60. The van der Waals surface area contributed by atoms with Crippen LogP contribution >= 0.6 is 11.6 Å². The molecule has 0 amide bonds. The predicted molar refractivity (Wildman–Crippen MR) is 186 cm³/mol. The van der Waals surface area contributed by atoms with Crippen molar-refractivity contribution in [2.24, 2.45) is 51.8 Å². The number of carbonyl (C=O) groups is 3. The van der Waals surface area contributed by atoms with Crippen molar-refractivity contribution < 1.29 is 23.5 Å². The van der Waals surface area contributed by atoms with Crippen molar-refractivity contribution in [2.45, 2.75) is 124 Å². The Hall–Kier alpha value is -2.87. The number of nitrogens with zero attached hydrogens (tertiary/aromatic N) is 3. The monoisotopic (exact) mass is 689 g/mol. The van der Waals surface area contributed by atoms with Gasteiger partial charge in [-0.15, -0.1) is 10.2 Å². The molecular weight excluding hydrogens is 638 g/mol. The van der Waals surface area contributed by atoms with Gasteiger partial charge in [0.25, 0.3) is 5.89 Å². The zero-order valence-corrected chi connectivity index (χ0v) is 30.9. The zero-order chi connectivity index (χ0) is 35.1. The lowest BCUT2D eigenvalue weighted by Gasteiger charge is -2.67. The van der Waals surface area contributed by atoms with Crippen LogP contribution in [0.2, 0.25) is 5.02 Å². The molecule has 0 bridgehead atoms. The van der Waals surface area contributed by atoms with Gasteiger partial charge in [-0.05, 0) is 121 Å². The van der Waals surface area contributed by atoms with Gasteiger partial charge in [0.05, 0.1) is 16.9 Å². The molecule has 0 radical (unpaired) electrons. The van der Waals surface area contributed by atoms with Crippen molar-refractivity contribution in [2.75, 3.05) is 0 Å². The molecular formula is C40H52ClN3O5. The minimum Gasteiger partial charge on any atom is -0.462 e. The van der Waals surface area contributed by atoms with Gasteiger partial charge in [0.15, 0.2) is 5.78 Å². The molecule has 49 heavy (non-hydrogen) atoms. The SMILES string of the molecule is CC(C)C1=C2C3CCC4C(C)(CCC5C(C)C(OC(=O)CC(C)(C)C=O)CCC54C)C3CCC2(c2nnc(-c3ccc(Cl)cn3)o2)CC1=O. The molecule has 2 aromatic rings. The second kappa shape index (κ2) is 12.1. The number of hydrogen-bond donors (Lipinski definition) is 0. The van der Waals surface area contributed by atoms with Gasteiger partial charge in [0, 0.05) is 18.0 Å². The number of rotatable bonds is 7. The van der Waals surface area contributed by atoms with Crippen molar-refractivity contribution >= 4 is 29.6 Å². The first-order valence-corrected chi connectivity index (χ1v) is 18.9. The summed E-state index contributed by atoms with van der Waals surface area (Å²) in [4.78, 5) is 42.7. The molecule has 2 aromatic heterocycles. The maximum absolute atomic E-state index is 14.0. The number of halogens is 1. The normalized spacial score (nSPS) is 37.3. The number of Topliss-reactive ketones (excluding diaryl/α,β-unsaturated/α-hetero) is 1. The van der Waals surface area contributed by atoms with Crippen molar-refractivity contribution in [3.05, 3.63) is 40.4 Å². The first-order valence-electron chi connectivity index (χ1n) is 18.5. The largest absolute Gasteiger partial charge is 0.462 e. The number of hydrogen-bond acceptors (Lipinski definition) is 8. The number of allylic oxidation sites excluding steroid dienone is 2. The van der Waals surface area contributed by atoms with E-state index in [0.29, 0.717) is 52.6 Å². The minimum absolute atomic E-state index is 0.102. The molecule has 0 aromatic carbocycles. The summed E-state index contributed by atoms with van der Waals surface area (Å²) >= 11 is 6.09. The fourth-order valence-electron chi connectivity index (χ4n) is 12.0. The third-order valence-corrected chi connectivity index (χ3v) is 14.3. The Labute approximate surface area is 295 Å². The van der Waals surface area contributed by atoms with Crippen LogP contribution in [0.5, 0.6) is 0 Å². The summed E-state index contributed by atoms with van der Waals surface area (Å²) in [5.41, 5.74) is 1.90. The number of aldehydes is 1. The van der Waals surface area contributed by atoms with Crippen molar-refractivity contribution in [1.29, 1.82) is 0 Å². The number of esters is 1. The number of ketones is 1. The lowest BCUT2D eigenvalue weighted by Crippen LogP contribution is -2.60. The Kier molecular flexibility index (Phi) is 8.56. The van der Waals surface area contributed by atoms with Gasteiger partial charge in [-0.25, -0.2) is 4.98 Å². The van der Waals surface area contributed by atoms with Gasteiger partial charge < -0.3 is 13.9 Å². The molecule has 264 valence electrons. The van der Waals surface area contributed by atoms with E-state index in [1.54, 1.807) is 32.2 Å². The van der Waals surface area contributed by atoms with Crippen LogP contribution in [0.1, 0.15) is 119 Å². The van der Waals surface area contributed by atoms with E-state index in [1.807, 2.05) is 0 Å². The van der Waals surface area contributed by atoms with Gasteiger partial charge in [0.1, 0.15) is 18.1 Å². The molecule has 9 atom stereocenters. The number of carbonyl (C=O) groups excluding carboxylic acids is 3. The topological polar surface area (TPSA) is 112 Å². The highest BCUT2D eigenvalue weighted by atomic mass is 35.5. The second-order valence-electron chi connectivity index (χ2n) is 17.7. The maximum Gasteiger partial charge on any atom is 0.307 e. The smallest absolute Gasteiger partial charge is 0.307 e. The third-order valence-electron chi connectivity index (χ3n) is 14.1. The predicted octanol–water partition coefficient (Wildman–Crippen LogP) is 8.76. The molecule has 2 heterocycles. The van der Waals surface area contributed by atoms with E-state index in [4.69, 9.17) is 20.8 Å². The fraction of sp³-hybridized carbons (Fsp3) is 0.700. The summed E-state index contributed by atoms with van der Waals surface area (Å²) in [6.07, 6.45) is 11.0. The molecule has 4 saturated carbocycles. The van der Waals surface area contributed by atoms with E-state index in [-0.39, 0.29) is 46.9 Å². The molecule has 0 N–H and O–H groups in total. The standard InChI is InChI=1S/C40H52ClN3O5/c1-22(2)33-29(46)18-40(36-44-43-35(49-36)28-10-8-24(41)20-42-28)17-13-27-25(34(33)40)9-11-31-38(6)16-14-30(48-32(47)19-37(4,5)21-45)23(3)26(38)12-15-39(27,31)7/h8,10,20-23,25-27,30-31H,9,11-19H2,1-7H3. The molecule has 8 nitrogen and oxygen atoms in total. The van der Waals surface area contributed by atoms with E-state index in [9.17, 15) is 14.4 Å². The molecule has 4 fully saturated rings. The van der Waals surface area contributed by atoms with Crippen LogP contribution in [0.3, 0.4) is 0 Å². The van der Waals surface area contributed by atoms with E-state index in [0.717, 1.165) is 63.2 Å². The second-order valence-corrected chi connectivity index (χ2v) is 18.1. The molecule has 5 aliphatic carbocycles. The summed E-state index contributed by atoms with van der Waals surface area (Å²) in [5.74, 6) is 3.10. The summed E-state index contributed by atoms with van der Waals surface area (Å²) in [7, 11) is 0. The van der Waals surface area contributed by atoms with Crippen LogP contribution < -0.4 is 0 Å². The van der Waals surface area contributed by atoms with Crippen molar-refractivity contribution in [3.8, 4) is 11.6 Å². The average Bonchev–Trinajstić information content (AvgIpc) is 3.66. The fourth-order valence-corrected chi connectivity index (χ4v) is 12.1. The Bertz CT molecular complexity index is 1680. The molecule has 0 aliphatic heterocycles. The molecule has 0 saturated heterocycles. The first kappa shape index (κ1) is 34.6. The number of ether oxygens (including phenoxy) is 1. The Morgan fingerprint density at radius 3 is 2.47 bits per heavy atom. The number of pyridine rings is 1. The Balaban J connectivity index is 1.17. The van der Waals surface area contributed by atoms with Crippen LogP contribution in [0.25, 0.3) is 11.6 Å². The van der Waals surface area contributed by atoms with Gasteiger partial charge in [-0.2, -0.15) is 0 Å². The van der Waals surface area contributed by atoms with Crippen molar-refractivity contribution in [1.82, 2.24) is 15.2 Å². The van der Waals surface area contributed by atoms with Crippen LogP contribution in [-0.4, -0.2) is 39.3 Å². The van der Waals surface area contributed by atoms with Gasteiger partial charge in [0.2, 0.25) is 5.89 Å². The Morgan fingerprint density at radius 2 is 1.78 bits per heavy atom. The van der Waals surface area contributed by atoms with Gasteiger partial charge in [-0.3, -0.25) is 9.59 Å². The first-order chi connectivity index (χ1) is 23.1. The van der Waals surface area contributed by atoms with E-state index in [1.165, 1.54) is 5.57 Å². The number of aromatic nitrogens is 3. The van der Waals surface area contributed by atoms with Gasteiger partial charge in [-0.1, -0.05) is 60.1 Å². The number of fused-ring (bicyclic) bond motifs is 7. The van der Waals surface area contributed by atoms with Crippen molar-refractivity contribution in [3.63, 3.8) is 0 Å². The lowest BCUT2D eigenvalue weighted by molar-refractivity contribution is -0.190. The van der Waals surface area contributed by atoms with Crippen LogP contribution in [0.4, 0.5) is 0 Å². The van der Waals surface area contributed by atoms with E-state index in [2.05, 4.69) is 49.8 Å². The summed E-state index contributed by atoms with van der Waals surface area (Å²) in [6, 6.07) is 3.56. The van der Waals surface area contributed by atoms with E-state index < -0.39 is 10.8 Å². The quantitative estimate of drug-likeness (QED) is 0.210. The third kappa shape index (κ3) is 5.45. The molecule has 7 rings (SSSR count). The Morgan fingerprint density at radius 1 is 1.06 bits per heavy atom. The summed E-state index contributed by atoms with van der Waals surface area (Å²) in [6.45, 7) is 15.3. The maximum atomic E-state index is 14.0. The highest BCUT2D eigenvalue weighted by Gasteiger charge is 2.66. The molecule has 0 spiro atoms. The molecule has 5 aliphatic rings. The van der Waals surface area contributed by atoms with Crippen LogP contribution in [-0.2, 0) is 24.5 Å². The van der Waals surface area contributed by atoms with Crippen LogP contribution in [0, 0.1) is 51.8 Å². The average molecular weight is 690 g/mol. The van der Waals surface area contributed by atoms with Crippen LogP contribution in [0.15, 0.2) is 33.9 Å². The highest BCUT2D eigenvalue weighted by molar-refractivity contribution is 6.30. The van der Waals surface area contributed by atoms with Gasteiger partial charge >= 0.3 is 5.97 Å². The minimum atomic E-state index is -0.707. The molecule has 9 unspecified atom stereocenters. The lowest BCUT2D eigenvalue weighted by atomic mass is 9.38. The molecule has 9 heteroatoms.